The molecule has 4 N–H and O–H groups in total. The zero-order valence-electron chi connectivity index (χ0n) is 64.1. The Morgan fingerprint density at radius 2 is 0.447 bits per heavy atom. The van der Waals surface area contributed by atoms with Crippen molar-refractivity contribution in [3.63, 3.8) is 0 Å². The van der Waals surface area contributed by atoms with Crippen LogP contribution in [0.25, 0.3) is 0 Å². The monoisotopic (exact) mass is 1320 g/mol. The summed E-state index contributed by atoms with van der Waals surface area (Å²) in [4.78, 5) is 53.1. The van der Waals surface area contributed by atoms with E-state index in [2.05, 4.69) is 62.8 Å². The molecular formula is C86H166N4O4. The summed E-state index contributed by atoms with van der Waals surface area (Å²) in [7, 11) is 0. The van der Waals surface area contributed by atoms with Gasteiger partial charge >= 0.3 is 0 Å². The van der Waals surface area contributed by atoms with Gasteiger partial charge in [0.15, 0.2) is 0 Å². The van der Waals surface area contributed by atoms with Gasteiger partial charge in [-0.05, 0) is 99.7 Å². The van der Waals surface area contributed by atoms with Gasteiger partial charge in [-0.15, -0.1) is 0 Å². The van der Waals surface area contributed by atoms with Crippen molar-refractivity contribution in [1.82, 2.24) is 21.3 Å². The Balaban J connectivity index is 0.0000307. The molecule has 0 spiro atoms. The van der Waals surface area contributed by atoms with Crippen LogP contribution in [0.2, 0.25) is 0 Å². The van der Waals surface area contributed by atoms with Crippen LogP contribution in [0.1, 0.15) is 467 Å². The van der Waals surface area contributed by atoms with E-state index in [9.17, 15) is 19.2 Å². The van der Waals surface area contributed by atoms with E-state index in [0.717, 1.165) is 138 Å². The Kier molecular flexibility index (Phi) is 55.7. The lowest BCUT2D eigenvalue weighted by molar-refractivity contribution is -0.125. The first-order valence-corrected chi connectivity index (χ1v) is 43.2. The van der Waals surface area contributed by atoms with Crippen LogP contribution in [0.5, 0.6) is 0 Å². The highest BCUT2D eigenvalue weighted by atomic mass is 16.2. The van der Waals surface area contributed by atoms with Gasteiger partial charge in [-0.25, -0.2) is 0 Å². The molecule has 8 atom stereocenters. The van der Waals surface area contributed by atoms with Gasteiger partial charge in [0.1, 0.15) is 0 Å². The average molecular weight is 1320 g/mol. The Morgan fingerprint density at radius 1 is 0.266 bits per heavy atom. The molecule has 0 saturated heterocycles. The van der Waals surface area contributed by atoms with Crippen molar-refractivity contribution in [1.29, 1.82) is 0 Å². The van der Waals surface area contributed by atoms with E-state index in [4.69, 9.17) is 0 Å². The largest absolute Gasteiger partial charge is 0.351 e. The summed E-state index contributed by atoms with van der Waals surface area (Å²) in [5.41, 5.74) is 0. The molecule has 0 aromatic rings. The molecule has 8 heteroatoms. The average Bonchev–Trinajstić information content (AvgIpc) is 0.903. The number of rotatable bonds is 64. The normalized spacial score (nSPS) is 20.9. The standard InChI is InChI=1S/C86H164N4O4.H2/c1-7-9-11-13-35-45-59-75-71-77(61-47-39-41-51-69-85(93)89-81-65-55-53-63-79(81)87-83(91)67-49-37-31-27-23-19-15-17-21-25-29-33-43-57-73(3)4)78(72-76(75)60-46-36-14-12-10-8-2)62-48-40-42-52-70-86(94)90-82-66-56-54-64-80(82)88-84(92)68-50-38-32-28-24-20-16-18-22-26-30-34-44-58-74(5)6;/h73-82H,7-72H2,1-6H3,(H,87,91)(H,88,92)(H,89,93)(H,90,94);1H/t75?,76?,77?,78?,79-,80+,81+,82-;. The van der Waals surface area contributed by atoms with Gasteiger partial charge in [-0.3, -0.25) is 19.2 Å². The summed E-state index contributed by atoms with van der Waals surface area (Å²) in [6, 6.07) is 0.271. The number of amides is 4. The van der Waals surface area contributed by atoms with Crippen molar-refractivity contribution in [3.05, 3.63) is 0 Å². The molecule has 3 aliphatic rings. The van der Waals surface area contributed by atoms with Gasteiger partial charge in [0, 0.05) is 51.3 Å². The Morgan fingerprint density at radius 3 is 0.649 bits per heavy atom. The molecule has 4 amide bonds. The van der Waals surface area contributed by atoms with Gasteiger partial charge in [0.25, 0.3) is 0 Å². The van der Waals surface area contributed by atoms with E-state index in [1.165, 1.54) is 295 Å². The predicted molar refractivity (Wildman–Crippen MR) is 410 cm³/mol. The predicted octanol–water partition coefficient (Wildman–Crippen LogP) is 25.8. The number of unbranched alkanes of at least 4 members (excludes halogenated alkanes) is 40. The molecule has 0 radical (unpaired) electrons. The highest BCUT2D eigenvalue weighted by Gasteiger charge is 2.36. The van der Waals surface area contributed by atoms with Gasteiger partial charge in [-0.2, -0.15) is 0 Å². The smallest absolute Gasteiger partial charge is 0.220 e. The van der Waals surface area contributed by atoms with E-state index in [1.54, 1.807) is 0 Å². The first kappa shape index (κ1) is 86.1. The van der Waals surface area contributed by atoms with E-state index < -0.39 is 0 Å². The lowest BCUT2D eigenvalue weighted by atomic mass is 9.63. The molecule has 0 aromatic carbocycles. The maximum Gasteiger partial charge on any atom is 0.220 e. The summed E-state index contributed by atoms with van der Waals surface area (Å²) in [5.74, 6) is 5.82. The Labute approximate surface area is 587 Å². The van der Waals surface area contributed by atoms with Crippen LogP contribution in [0.15, 0.2) is 0 Å². The quantitative estimate of drug-likeness (QED) is 0.0454. The summed E-state index contributed by atoms with van der Waals surface area (Å²) in [5, 5.41) is 13.6. The Hall–Kier alpha value is -2.12. The molecule has 8 nitrogen and oxygen atoms in total. The minimum absolute atomic E-state index is 0. The third kappa shape index (κ3) is 47.8. The lowest BCUT2D eigenvalue weighted by Crippen LogP contribution is -2.53. The van der Waals surface area contributed by atoms with Gasteiger partial charge < -0.3 is 21.3 Å². The van der Waals surface area contributed by atoms with Crippen molar-refractivity contribution in [2.75, 3.05) is 0 Å². The fourth-order valence-electron chi connectivity index (χ4n) is 17.1. The summed E-state index contributed by atoms with van der Waals surface area (Å²) < 4.78 is 0. The van der Waals surface area contributed by atoms with Crippen LogP contribution in [0, 0.1) is 35.5 Å². The Bertz CT molecular complexity index is 1640. The van der Waals surface area contributed by atoms with Gasteiger partial charge in [-0.1, -0.05) is 375 Å². The van der Waals surface area contributed by atoms with Crippen LogP contribution in [-0.2, 0) is 19.2 Å². The molecule has 0 aliphatic heterocycles. The fourth-order valence-corrected chi connectivity index (χ4v) is 17.1. The molecule has 0 aromatic heterocycles. The van der Waals surface area contributed by atoms with E-state index in [-0.39, 0.29) is 49.2 Å². The minimum atomic E-state index is 0. The molecule has 0 heterocycles. The zero-order valence-corrected chi connectivity index (χ0v) is 64.1. The van der Waals surface area contributed by atoms with Crippen molar-refractivity contribution >= 4 is 23.6 Å². The molecule has 94 heavy (non-hydrogen) atoms. The van der Waals surface area contributed by atoms with Gasteiger partial charge in [0.05, 0.1) is 0 Å². The van der Waals surface area contributed by atoms with Crippen LogP contribution in [-0.4, -0.2) is 47.8 Å². The number of hydrogen-bond donors (Lipinski definition) is 4. The topological polar surface area (TPSA) is 116 Å². The zero-order chi connectivity index (χ0) is 67.6. The summed E-state index contributed by atoms with van der Waals surface area (Å²) in [6.45, 7) is 14.0. The molecule has 3 saturated carbocycles. The molecule has 4 unspecified atom stereocenters. The third-order valence-electron chi connectivity index (χ3n) is 23.1. The first-order valence-electron chi connectivity index (χ1n) is 43.2. The lowest BCUT2D eigenvalue weighted by Gasteiger charge is -2.42. The van der Waals surface area contributed by atoms with E-state index in [1.807, 2.05) is 0 Å². The molecule has 3 rings (SSSR count). The highest BCUT2D eigenvalue weighted by molar-refractivity contribution is 5.78. The van der Waals surface area contributed by atoms with Crippen LogP contribution in [0.4, 0.5) is 0 Å². The maximum absolute atomic E-state index is 13.4. The molecule has 0 bridgehead atoms. The first-order chi connectivity index (χ1) is 46.0. The molecule has 3 fully saturated rings. The third-order valence-corrected chi connectivity index (χ3v) is 23.1. The van der Waals surface area contributed by atoms with E-state index in [0.29, 0.717) is 25.7 Å². The number of carbonyl (C=O) groups excluding carboxylic acids is 4. The van der Waals surface area contributed by atoms with E-state index >= 15 is 0 Å². The number of carbonyl (C=O) groups is 4. The number of nitrogens with one attached hydrogen (secondary N) is 4. The van der Waals surface area contributed by atoms with Crippen LogP contribution < -0.4 is 21.3 Å². The highest BCUT2D eigenvalue weighted by Crippen LogP contribution is 2.47. The van der Waals surface area contributed by atoms with Crippen LogP contribution >= 0.6 is 0 Å². The van der Waals surface area contributed by atoms with Crippen molar-refractivity contribution < 1.29 is 20.6 Å². The van der Waals surface area contributed by atoms with Crippen molar-refractivity contribution in [2.45, 2.75) is 489 Å². The molecule has 554 valence electrons. The van der Waals surface area contributed by atoms with Crippen molar-refractivity contribution in [3.8, 4) is 0 Å². The second-order valence-electron chi connectivity index (χ2n) is 32.9. The molecular weight excluding hydrogens is 1150 g/mol. The molecule has 3 aliphatic carbocycles. The minimum Gasteiger partial charge on any atom is -0.351 e. The van der Waals surface area contributed by atoms with Crippen molar-refractivity contribution in [2.24, 2.45) is 35.5 Å². The van der Waals surface area contributed by atoms with Gasteiger partial charge in [0.2, 0.25) is 23.6 Å². The SMILES string of the molecule is CCCCCCCCC1CC(CCCCCCC(=O)N[C@H]2CCCC[C@H]2NC(=O)CCCCCCCCCCCCCCCC(C)C)C(CCCCCCC(=O)N[C@@H]2CCCC[C@@H]2NC(=O)CCCCCCCCCCCCCCCC(C)C)CC1CCCCCCCC.[HH]. The number of hydrogen-bond acceptors (Lipinski definition) is 4. The fraction of sp³-hybridized carbons (Fsp3) is 0.953. The maximum atomic E-state index is 13.4. The second-order valence-corrected chi connectivity index (χ2v) is 32.9. The summed E-state index contributed by atoms with van der Waals surface area (Å²) in [6.07, 6.45) is 82.2. The summed E-state index contributed by atoms with van der Waals surface area (Å²) >= 11 is 0. The second kappa shape index (κ2) is 60.8. The van der Waals surface area contributed by atoms with Crippen LogP contribution in [0.3, 0.4) is 0 Å².